The Morgan fingerprint density at radius 3 is 2.91 bits per heavy atom. The summed E-state index contributed by atoms with van der Waals surface area (Å²) in [5, 5.41) is 5.53. The van der Waals surface area contributed by atoms with Crippen LogP contribution in [-0.4, -0.2) is 53.8 Å². The fraction of sp³-hybridized carbons (Fsp3) is 0.733. The van der Waals surface area contributed by atoms with Crippen molar-refractivity contribution >= 4 is 22.4 Å². The minimum atomic E-state index is -0.312. The molecule has 3 rings (SSSR count). The van der Waals surface area contributed by atoms with Crippen molar-refractivity contribution in [1.29, 1.82) is 0 Å². The first-order chi connectivity index (χ1) is 10.6. The van der Waals surface area contributed by atoms with Crippen molar-refractivity contribution < 1.29 is 14.3 Å². The molecule has 2 aliphatic heterocycles. The van der Waals surface area contributed by atoms with E-state index in [0.717, 1.165) is 38.2 Å². The van der Waals surface area contributed by atoms with Gasteiger partial charge in [0, 0.05) is 31.6 Å². The zero-order valence-electron chi connectivity index (χ0n) is 13.1. The van der Waals surface area contributed by atoms with E-state index in [4.69, 9.17) is 9.47 Å². The van der Waals surface area contributed by atoms with Crippen LogP contribution in [-0.2, 0) is 20.8 Å². The van der Waals surface area contributed by atoms with Gasteiger partial charge in [-0.25, -0.2) is 4.98 Å². The highest BCUT2D eigenvalue weighted by molar-refractivity contribution is 7.13. The van der Waals surface area contributed by atoms with Crippen LogP contribution in [0.25, 0.3) is 0 Å². The average molecular weight is 325 g/mol. The van der Waals surface area contributed by atoms with Crippen LogP contribution in [0.5, 0.6) is 0 Å². The van der Waals surface area contributed by atoms with Gasteiger partial charge in [-0.3, -0.25) is 15.0 Å². The monoisotopic (exact) mass is 325 g/mol. The zero-order valence-corrected chi connectivity index (χ0v) is 13.9. The number of thiazole rings is 1. The van der Waals surface area contributed by atoms with Crippen LogP contribution in [0.2, 0.25) is 0 Å². The number of nitrogens with zero attached hydrogens (tertiary/aromatic N) is 2. The molecule has 2 saturated heterocycles. The topological polar surface area (TPSA) is 63.7 Å². The number of rotatable bonds is 4. The first-order valence-electron chi connectivity index (χ1n) is 7.85. The fourth-order valence-electron chi connectivity index (χ4n) is 3.05. The van der Waals surface area contributed by atoms with Gasteiger partial charge >= 0.3 is 0 Å². The molecule has 3 atom stereocenters. The van der Waals surface area contributed by atoms with Gasteiger partial charge < -0.3 is 9.47 Å². The molecular formula is C15H23N3O3S. The van der Waals surface area contributed by atoms with Gasteiger partial charge in [-0.15, -0.1) is 11.3 Å². The highest BCUT2D eigenvalue weighted by atomic mass is 32.1. The van der Waals surface area contributed by atoms with Crippen molar-refractivity contribution in [2.75, 3.05) is 25.0 Å². The SMILES string of the molecule is CC1CN(Cc2csc(NC(=O)C3CCCO3)n2)CC(C)O1. The van der Waals surface area contributed by atoms with Crippen LogP contribution in [0.4, 0.5) is 5.13 Å². The number of morpholine rings is 1. The van der Waals surface area contributed by atoms with Gasteiger partial charge in [-0.2, -0.15) is 0 Å². The highest BCUT2D eigenvalue weighted by Gasteiger charge is 2.25. The second-order valence-electron chi connectivity index (χ2n) is 6.09. The number of aromatic nitrogens is 1. The van der Waals surface area contributed by atoms with E-state index in [1.807, 2.05) is 5.38 Å². The van der Waals surface area contributed by atoms with E-state index in [9.17, 15) is 4.79 Å². The maximum absolute atomic E-state index is 12.0. The van der Waals surface area contributed by atoms with E-state index in [-0.39, 0.29) is 24.2 Å². The average Bonchev–Trinajstić information content (AvgIpc) is 3.09. The largest absolute Gasteiger partial charge is 0.373 e. The van der Waals surface area contributed by atoms with E-state index in [1.54, 1.807) is 0 Å². The summed E-state index contributed by atoms with van der Waals surface area (Å²) in [4.78, 5) is 18.9. The number of hydrogen-bond acceptors (Lipinski definition) is 6. The Labute approximate surface area is 134 Å². The van der Waals surface area contributed by atoms with Gasteiger partial charge in [-0.05, 0) is 26.7 Å². The summed E-state index contributed by atoms with van der Waals surface area (Å²) < 4.78 is 11.1. The maximum Gasteiger partial charge on any atom is 0.255 e. The summed E-state index contributed by atoms with van der Waals surface area (Å²) in [5.41, 5.74) is 0.994. The number of carbonyl (C=O) groups excluding carboxylic acids is 1. The second-order valence-corrected chi connectivity index (χ2v) is 6.94. The van der Waals surface area contributed by atoms with E-state index >= 15 is 0 Å². The molecule has 122 valence electrons. The molecule has 1 aromatic rings. The third kappa shape index (κ3) is 4.04. The minimum absolute atomic E-state index is 0.0768. The van der Waals surface area contributed by atoms with Crippen LogP contribution in [0.1, 0.15) is 32.4 Å². The van der Waals surface area contributed by atoms with E-state index in [2.05, 4.69) is 29.0 Å². The van der Waals surface area contributed by atoms with Gasteiger partial charge in [0.1, 0.15) is 6.10 Å². The lowest BCUT2D eigenvalue weighted by atomic mass is 10.2. The molecule has 3 unspecified atom stereocenters. The normalized spacial score (nSPS) is 29.6. The number of ether oxygens (including phenoxy) is 2. The van der Waals surface area contributed by atoms with Crippen LogP contribution in [0.3, 0.4) is 0 Å². The quantitative estimate of drug-likeness (QED) is 0.915. The summed E-state index contributed by atoms with van der Waals surface area (Å²) in [7, 11) is 0. The third-order valence-corrected chi connectivity index (χ3v) is 4.69. The zero-order chi connectivity index (χ0) is 15.5. The second kappa shape index (κ2) is 7.04. The van der Waals surface area contributed by atoms with Crippen molar-refractivity contribution in [2.45, 2.75) is 51.5 Å². The third-order valence-electron chi connectivity index (χ3n) is 3.88. The molecular weight excluding hydrogens is 302 g/mol. The minimum Gasteiger partial charge on any atom is -0.373 e. The molecule has 1 aromatic heterocycles. The van der Waals surface area contributed by atoms with E-state index in [0.29, 0.717) is 11.7 Å². The van der Waals surface area contributed by atoms with Crippen LogP contribution >= 0.6 is 11.3 Å². The Morgan fingerprint density at radius 1 is 1.45 bits per heavy atom. The molecule has 3 heterocycles. The molecule has 1 amide bonds. The summed E-state index contributed by atoms with van der Waals surface area (Å²) >= 11 is 1.47. The lowest BCUT2D eigenvalue weighted by molar-refractivity contribution is -0.124. The molecule has 22 heavy (non-hydrogen) atoms. The van der Waals surface area contributed by atoms with Crippen molar-refractivity contribution in [2.24, 2.45) is 0 Å². The molecule has 1 N–H and O–H groups in total. The van der Waals surface area contributed by atoms with Gasteiger partial charge in [0.15, 0.2) is 5.13 Å². The number of anilines is 1. The van der Waals surface area contributed by atoms with Crippen molar-refractivity contribution in [3.8, 4) is 0 Å². The summed E-state index contributed by atoms with van der Waals surface area (Å²) in [6.07, 6.45) is 1.94. The first-order valence-corrected chi connectivity index (χ1v) is 8.73. The predicted molar refractivity (Wildman–Crippen MR) is 85.0 cm³/mol. The van der Waals surface area contributed by atoms with Crippen molar-refractivity contribution in [3.05, 3.63) is 11.1 Å². The molecule has 6 nitrogen and oxygen atoms in total. The number of carbonyl (C=O) groups is 1. The Hall–Kier alpha value is -1.02. The van der Waals surface area contributed by atoms with Crippen LogP contribution in [0.15, 0.2) is 5.38 Å². The Morgan fingerprint density at radius 2 is 2.23 bits per heavy atom. The Bertz CT molecular complexity index is 506. The summed E-state index contributed by atoms with van der Waals surface area (Å²) in [6.45, 7) is 7.49. The fourth-order valence-corrected chi connectivity index (χ4v) is 3.75. The van der Waals surface area contributed by atoms with Crippen LogP contribution < -0.4 is 5.32 Å². The summed E-state index contributed by atoms with van der Waals surface area (Å²) in [5.74, 6) is -0.0768. The molecule has 0 bridgehead atoms. The maximum atomic E-state index is 12.0. The summed E-state index contributed by atoms with van der Waals surface area (Å²) in [6, 6.07) is 0. The molecule has 0 saturated carbocycles. The van der Waals surface area contributed by atoms with Gasteiger partial charge in [0.25, 0.3) is 5.91 Å². The molecule has 2 fully saturated rings. The number of hydrogen-bond donors (Lipinski definition) is 1. The first kappa shape index (κ1) is 15.9. The van der Waals surface area contributed by atoms with Crippen molar-refractivity contribution in [1.82, 2.24) is 9.88 Å². The molecule has 0 aromatic carbocycles. The van der Waals surface area contributed by atoms with E-state index < -0.39 is 0 Å². The van der Waals surface area contributed by atoms with Crippen molar-refractivity contribution in [3.63, 3.8) is 0 Å². The standard InChI is InChI=1S/C15H23N3O3S/c1-10-6-18(7-11(2)21-10)8-12-9-22-15(16-12)17-14(19)13-4-3-5-20-13/h9-11,13H,3-8H2,1-2H3,(H,16,17,19). The predicted octanol–water partition coefficient (Wildman–Crippen LogP) is 1.87. The van der Waals surface area contributed by atoms with Gasteiger partial charge in [-0.1, -0.05) is 0 Å². The van der Waals surface area contributed by atoms with E-state index in [1.165, 1.54) is 11.3 Å². The molecule has 0 radical (unpaired) electrons. The molecule has 2 aliphatic rings. The molecule has 0 spiro atoms. The number of nitrogens with one attached hydrogen (secondary N) is 1. The highest BCUT2D eigenvalue weighted by Crippen LogP contribution is 2.21. The lowest BCUT2D eigenvalue weighted by Crippen LogP contribution is -2.44. The van der Waals surface area contributed by atoms with Gasteiger partial charge in [0.05, 0.1) is 17.9 Å². The smallest absolute Gasteiger partial charge is 0.255 e. The Balaban J connectivity index is 1.53. The van der Waals surface area contributed by atoms with Crippen LogP contribution in [0, 0.1) is 0 Å². The number of amides is 1. The lowest BCUT2D eigenvalue weighted by Gasteiger charge is -2.34. The van der Waals surface area contributed by atoms with Gasteiger partial charge in [0.2, 0.25) is 0 Å². The molecule has 7 heteroatoms. The molecule has 0 aliphatic carbocycles. The Kier molecular flexibility index (Phi) is 5.07.